The maximum atomic E-state index is 12.8. The quantitative estimate of drug-likeness (QED) is 0.00502. The monoisotopic (exact) mass is 1640 g/mol. The van der Waals surface area contributed by atoms with Crippen molar-refractivity contribution in [1.29, 1.82) is 0 Å². The van der Waals surface area contributed by atoms with Crippen LogP contribution in [-0.4, -0.2) is 185 Å². The maximum Gasteiger partial charge on any atom is 0.490 e. The van der Waals surface area contributed by atoms with Gasteiger partial charge in [0.15, 0.2) is 5.36 Å². The first-order chi connectivity index (χ1) is 48.9. The molecule has 3 aliphatic rings. The number of unbranched alkanes of at least 4 members (excludes halogenated alkanes) is 2. The molecule has 4 unspecified atom stereocenters. The van der Waals surface area contributed by atoms with E-state index < -0.39 is 96.9 Å². The summed E-state index contributed by atoms with van der Waals surface area (Å²) in [6.45, 7) is 15.2. The molecule has 14 N–H and O–H groups in total. The van der Waals surface area contributed by atoms with Crippen molar-refractivity contribution in [1.82, 2.24) is 25.5 Å². The summed E-state index contributed by atoms with van der Waals surface area (Å²) in [6.07, 6.45) is 2.75. The van der Waals surface area contributed by atoms with E-state index in [1.165, 1.54) is 6.20 Å². The number of ether oxygens (including phenoxy) is 6. The number of urea groups is 1. The van der Waals surface area contributed by atoms with E-state index >= 15 is 0 Å². The minimum absolute atomic E-state index is 0.0276. The number of aromatic nitrogens is 2. The fourth-order valence-corrected chi connectivity index (χ4v) is 14.8. The highest BCUT2D eigenvalue weighted by Gasteiger charge is 2.44. The molecule has 36 nitrogen and oxygen atoms in total. The second kappa shape index (κ2) is 46.8. The van der Waals surface area contributed by atoms with Gasteiger partial charge in [-0.2, -0.15) is 13.6 Å². The largest absolute Gasteiger partial charge is 0.490 e. The normalized spacial score (nSPS) is 15.5. The van der Waals surface area contributed by atoms with Crippen LogP contribution in [0, 0.1) is 11.8 Å². The van der Waals surface area contributed by atoms with E-state index in [4.69, 9.17) is 100 Å². The first-order valence-electron chi connectivity index (χ1n) is 30.9. The Bertz CT molecular complexity index is 4240. The SMILES string of the molecule is C=C(NCCOCCOCCCC(C)=O)c1ccc(C(=O)O)c(-c2c3ccc(=[NH2+])cc-3oc3cc(N)ccc23)c1.CCS(=S)COC1C[C@H](n2cc(C#CCNC(=O)NCCCCCOCSSC(C)(C)CCOC)c(N)nc2=O)O[C@@H]1COP(=O)(O)OP(=O)(O)OP(=O)(O)O.O=S(=O)=O.O=S(=O)=O. The summed E-state index contributed by atoms with van der Waals surface area (Å²) in [5.74, 6) is 6.19. The summed E-state index contributed by atoms with van der Waals surface area (Å²) in [7, 11) is -18.5. The molecular weight excluding hydrogens is 1550 g/mol. The summed E-state index contributed by atoms with van der Waals surface area (Å²) >= 11 is 5.30. The zero-order valence-corrected chi connectivity index (χ0v) is 64.5. The third kappa shape index (κ3) is 36.9. The number of carbonyl (C=O) groups is 3. The molecule has 3 aromatic rings. The number of phosphoric ester groups is 1. The Morgan fingerprint density at radius 3 is 2.19 bits per heavy atom. The van der Waals surface area contributed by atoms with Crippen molar-refractivity contribution in [2.45, 2.75) is 95.8 Å². The predicted molar refractivity (Wildman–Crippen MR) is 388 cm³/mol. The van der Waals surface area contributed by atoms with Crippen LogP contribution in [0.1, 0.15) is 100 Å². The average Bonchev–Trinajstić information content (AvgIpc) is 0.764. The van der Waals surface area contributed by atoms with Crippen molar-refractivity contribution in [2.75, 3.05) is 102 Å². The van der Waals surface area contributed by atoms with E-state index in [0.29, 0.717) is 110 Å². The Balaban J connectivity index is 0.000000509. The molecule has 1 aliphatic carbocycles. The van der Waals surface area contributed by atoms with E-state index in [9.17, 15) is 47.8 Å². The van der Waals surface area contributed by atoms with Crippen LogP contribution in [0.25, 0.3) is 39.1 Å². The Labute approximate surface area is 616 Å². The number of fused-ring (bicyclic) bond motifs is 2. The van der Waals surface area contributed by atoms with Gasteiger partial charge in [0.25, 0.3) is 0 Å². The first-order valence-corrected chi connectivity index (χ1v) is 42.2. The standard InChI is InChI=1S/C31H33N3O6.C28H50N5O16P3S4.2O3S/c1-19(35)4-3-12-38-14-15-39-13-11-34-20(2)21-5-8-24(31(36)37)27(16-21)30-25-9-6-22(32)17-28(25)40-29-18-23(33)7-10-26(29)30;1-5-56(53)20-45-22-16-24(47-23(22)18-46-51(39,40)49-52(41,42)48-50(36,37)38)33-17-21(25(29)32-27(33)35)10-9-13-31-26(34)30-12-7-6-8-14-44-19-54-55-28(2,3)11-15-43-4;2*1-4(2)3/h5-10,16-18,32,34H,2-4,11-15,33H2,1H3,(H,36,37);17,22-24H,5-8,11-16,18-20H2,1-4H3,(H,39,40)(H,41,42)(H2,29,32,35)(H2,30,31,34)(H2,36,37,38);;/p+1/t;22?,23-,24-,56?;;/m.1../s1. The number of carboxylic acid groups (broad SMARTS) is 1. The van der Waals surface area contributed by atoms with Crippen LogP contribution in [0.3, 0.4) is 0 Å². The number of nitrogen functional groups attached to an aromatic ring is 2. The van der Waals surface area contributed by atoms with Crippen molar-refractivity contribution in [2.24, 2.45) is 0 Å². The van der Waals surface area contributed by atoms with Crippen LogP contribution < -0.4 is 43.9 Å². The number of phosphoric acid groups is 3. The molecule has 2 aliphatic heterocycles. The van der Waals surface area contributed by atoms with Crippen molar-refractivity contribution in [3.05, 3.63) is 99.9 Å². The van der Waals surface area contributed by atoms with Crippen LogP contribution >= 0.6 is 45.1 Å². The molecule has 6 rings (SSSR count). The first kappa shape index (κ1) is 92.0. The van der Waals surface area contributed by atoms with Gasteiger partial charge in [0, 0.05) is 104 Å². The number of anilines is 2. The molecule has 1 fully saturated rings. The van der Waals surface area contributed by atoms with E-state index in [0.717, 1.165) is 53.4 Å². The third-order valence-corrected chi connectivity index (χ3v) is 22.4. The predicted octanol–water partition coefficient (Wildman–Crippen LogP) is 3.99. The fraction of sp³-hybridized carbons (Fsp3) is 0.492. The smallest absolute Gasteiger partial charge is 0.478 e. The lowest BCUT2D eigenvalue weighted by molar-refractivity contribution is -0.172. The van der Waals surface area contributed by atoms with E-state index in [-0.39, 0.29) is 46.4 Å². The number of hydrogen-bond donors (Lipinski definition) is 11. The highest BCUT2D eigenvalue weighted by Crippen LogP contribution is 2.66. The minimum Gasteiger partial charge on any atom is -0.478 e. The topological polar surface area (TPSA) is 551 Å². The molecule has 45 heteroatoms. The fourth-order valence-electron chi connectivity index (χ4n) is 8.86. The van der Waals surface area contributed by atoms with Crippen molar-refractivity contribution >= 4 is 133 Å². The van der Waals surface area contributed by atoms with Gasteiger partial charge in [0.1, 0.15) is 41.2 Å². The zero-order chi connectivity index (χ0) is 77.8. The van der Waals surface area contributed by atoms with Gasteiger partial charge < -0.3 is 89.7 Å². The number of methoxy groups -OCH3 is 1. The number of nitrogens with zero attached hydrogens (tertiary/aromatic N) is 2. The molecule has 0 radical (unpaired) electrons. The third-order valence-electron chi connectivity index (χ3n) is 13.6. The van der Waals surface area contributed by atoms with Gasteiger partial charge in [-0.15, -0.1) is 25.3 Å². The van der Waals surface area contributed by atoms with Gasteiger partial charge in [-0.05, 0) is 111 Å². The van der Waals surface area contributed by atoms with Gasteiger partial charge in [-0.25, -0.2) is 28.1 Å². The number of aromatic carboxylic acids is 1. The van der Waals surface area contributed by atoms with Crippen LogP contribution in [-0.2, 0) is 102 Å². The second-order valence-corrected chi connectivity index (χ2v) is 33.4. The average molecular weight is 1640 g/mol. The van der Waals surface area contributed by atoms with Crippen molar-refractivity contribution in [3.8, 4) is 34.3 Å². The molecule has 578 valence electrons. The van der Waals surface area contributed by atoms with Crippen LogP contribution in [0.15, 0.2) is 76.6 Å². The maximum absolute atomic E-state index is 12.8. The van der Waals surface area contributed by atoms with Gasteiger partial charge >= 0.3 is 62.4 Å². The van der Waals surface area contributed by atoms with Crippen LogP contribution in [0.5, 0.6) is 0 Å². The Morgan fingerprint density at radius 1 is 0.856 bits per heavy atom. The molecular formula is C59H84N8O28P3S6+. The summed E-state index contributed by atoms with van der Waals surface area (Å²) < 4.78 is 139. The van der Waals surface area contributed by atoms with E-state index in [1.54, 1.807) is 72.0 Å². The van der Waals surface area contributed by atoms with Crippen LogP contribution in [0.2, 0.25) is 0 Å². The number of nitrogens with one attached hydrogen (secondary N) is 3. The summed E-state index contributed by atoms with van der Waals surface area (Å²) in [4.78, 5) is 88.9. The number of amides is 2. The van der Waals surface area contributed by atoms with Gasteiger partial charge in [-0.3, -0.25) is 14.5 Å². The highest BCUT2D eigenvalue weighted by molar-refractivity contribution is 8.77. The lowest BCUT2D eigenvalue weighted by atomic mass is 9.89. The molecule has 1 saturated heterocycles. The molecule has 2 amide bonds. The minimum atomic E-state index is -5.75. The molecule has 6 atom stereocenters. The number of carboxylic acids is 1. The van der Waals surface area contributed by atoms with Crippen molar-refractivity contribution < 1.29 is 129 Å². The molecule has 3 heterocycles. The van der Waals surface area contributed by atoms with E-state index in [2.05, 4.69) is 61.8 Å². The number of benzene rings is 3. The molecule has 1 aromatic heterocycles. The number of nitrogens with two attached hydrogens (primary N) is 3. The number of ketones is 1. The second-order valence-electron chi connectivity index (χ2n) is 22.1. The number of rotatable bonds is 40. The molecule has 2 aromatic carbocycles. The molecule has 104 heavy (non-hydrogen) atoms. The summed E-state index contributed by atoms with van der Waals surface area (Å²) in [5.41, 5.74) is 15.7. The van der Waals surface area contributed by atoms with Crippen molar-refractivity contribution in [3.63, 3.8) is 0 Å². The Hall–Kier alpha value is -6.20. The number of Topliss-reactive ketones (excluding diaryl/α,β-unsaturated/α-hetero) is 1. The highest BCUT2D eigenvalue weighted by atomic mass is 33.1. The van der Waals surface area contributed by atoms with Crippen LogP contribution in [0.4, 0.5) is 16.3 Å². The lowest BCUT2D eigenvalue weighted by Gasteiger charge is -2.22. The Morgan fingerprint density at radius 2 is 1.54 bits per heavy atom. The molecule has 0 spiro atoms. The number of carbonyl (C=O) groups excluding carboxylic acids is 2. The molecule has 0 bridgehead atoms. The summed E-state index contributed by atoms with van der Waals surface area (Å²) in [6, 6.07) is 15.3. The molecule has 0 saturated carbocycles. The van der Waals surface area contributed by atoms with E-state index in [1.807, 2.05) is 25.1 Å². The summed E-state index contributed by atoms with van der Waals surface area (Å²) in [5, 5.41) is 25.9. The Kier molecular flexibility index (Phi) is 41.4. The zero-order valence-electron chi connectivity index (χ0n) is 56.9. The van der Waals surface area contributed by atoms with Gasteiger partial charge in [0.05, 0.1) is 62.2 Å². The lowest BCUT2D eigenvalue weighted by Crippen LogP contribution is -2.44. The van der Waals surface area contributed by atoms with Gasteiger partial charge in [-0.1, -0.05) is 62.5 Å². The van der Waals surface area contributed by atoms with Gasteiger partial charge in [0.2, 0.25) is 0 Å². The number of hydrogen-bond acceptors (Lipinski definition) is 30.